The van der Waals surface area contributed by atoms with E-state index in [1.807, 2.05) is 58.3 Å². The number of pyridine rings is 2. The highest BCUT2D eigenvalue weighted by atomic mass is 35.5. The Labute approximate surface area is 248 Å². The number of likely N-dealkylation sites (tertiary alicyclic amines) is 1. The number of hydrogen-bond donors (Lipinski definition) is 1. The predicted molar refractivity (Wildman–Crippen MR) is 159 cm³/mol. The maximum absolute atomic E-state index is 13.8. The number of halogens is 1. The summed E-state index contributed by atoms with van der Waals surface area (Å²) in [5, 5.41) is 9.71. The number of carbonyl (C=O) groups is 2. The zero-order valence-electron chi connectivity index (χ0n) is 22.8. The van der Waals surface area contributed by atoms with Gasteiger partial charge in [-0.2, -0.15) is 0 Å². The lowest BCUT2D eigenvalue weighted by Crippen LogP contribution is -2.47. The van der Waals surface area contributed by atoms with Gasteiger partial charge in [0.05, 0.1) is 30.0 Å². The van der Waals surface area contributed by atoms with E-state index in [2.05, 4.69) is 14.9 Å². The van der Waals surface area contributed by atoms with Gasteiger partial charge < -0.3 is 14.7 Å². The Morgan fingerprint density at radius 2 is 1.81 bits per heavy atom. The largest absolute Gasteiger partial charge is 0.478 e. The van der Waals surface area contributed by atoms with Crippen molar-refractivity contribution in [3.63, 3.8) is 0 Å². The van der Waals surface area contributed by atoms with Gasteiger partial charge in [-0.1, -0.05) is 29.8 Å². The molecular weight excluding hydrogens is 554 g/mol. The van der Waals surface area contributed by atoms with Crippen LogP contribution < -0.4 is 9.64 Å². The first kappa shape index (κ1) is 27.7. The molecule has 2 aromatic heterocycles. The Hall–Kier alpha value is -4.47. The van der Waals surface area contributed by atoms with Gasteiger partial charge in [0.25, 0.3) is 0 Å². The molecule has 9 nitrogen and oxygen atoms in total. The molecule has 214 valence electrons. The molecule has 4 heterocycles. The number of benzene rings is 2. The van der Waals surface area contributed by atoms with Crippen LogP contribution in [0.15, 0.2) is 91.4 Å². The highest BCUT2D eigenvalue weighted by molar-refractivity contribution is 6.30. The van der Waals surface area contributed by atoms with Gasteiger partial charge in [0.2, 0.25) is 5.88 Å². The molecule has 0 bridgehead atoms. The maximum atomic E-state index is 13.8. The maximum Gasteiger partial charge on any atom is 0.335 e. The molecule has 0 spiro atoms. The average molecular weight is 584 g/mol. The van der Waals surface area contributed by atoms with Crippen LogP contribution in [0.25, 0.3) is 0 Å². The van der Waals surface area contributed by atoms with Gasteiger partial charge in [0, 0.05) is 49.2 Å². The second kappa shape index (κ2) is 12.2. The van der Waals surface area contributed by atoms with Gasteiger partial charge in [-0.05, 0) is 72.5 Å². The molecule has 2 aliphatic rings. The number of piperidine rings is 1. The van der Waals surface area contributed by atoms with Crippen molar-refractivity contribution in [2.45, 2.75) is 31.5 Å². The van der Waals surface area contributed by atoms with E-state index in [1.165, 1.54) is 12.1 Å². The summed E-state index contributed by atoms with van der Waals surface area (Å²) in [6.07, 6.45) is 6.98. The number of ether oxygens (including phenoxy) is 1. The van der Waals surface area contributed by atoms with Crippen molar-refractivity contribution < 1.29 is 19.4 Å². The minimum atomic E-state index is -0.979. The van der Waals surface area contributed by atoms with Crippen LogP contribution in [0.2, 0.25) is 5.02 Å². The molecule has 0 radical (unpaired) electrons. The van der Waals surface area contributed by atoms with Gasteiger partial charge in [-0.15, -0.1) is 0 Å². The zero-order valence-corrected chi connectivity index (χ0v) is 23.6. The van der Waals surface area contributed by atoms with Crippen LogP contribution in [0.1, 0.15) is 40.4 Å². The Kier molecular flexibility index (Phi) is 8.03. The SMILES string of the molecule is O=C(O)c1ccc(Oc2ccc(CN3CCC(N4C(=O)N(c5cccnc5)CC4c4cccc(Cl)c4)CC3)cn2)cc1. The van der Waals surface area contributed by atoms with E-state index in [9.17, 15) is 9.59 Å². The van der Waals surface area contributed by atoms with Crippen molar-refractivity contribution >= 4 is 29.3 Å². The minimum Gasteiger partial charge on any atom is -0.478 e. The second-order valence-electron chi connectivity index (χ2n) is 10.5. The normalized spacial score (nSPS) is 17.9. The number of carboxylic acid groups (broad SMARTS) is 1. The van der Waals surface area contributed by atoms with Crippen LogP contribution in [-0.2, 0) is 6.54 Å². The molecule has 0 saturated carbocycles. The van der Waals surface area contributed by atoms with E-state index in [-0.39, 0.29) is 23.7 Å². The van der Waals surface area contributed by atoms with Gasteiger partial charge in [0.1, 0.15) is 5.75 Å². The Morgan fingerprint density at radius 1 is 1.00 bits per heavy atom. The third kappa shape index (κ3) is 6.07. The Morgan fingerprint density at radius 3 is 2.48 bits per heavy atom. The second-order valence-corrected chi connectivity index (χ2v) is 11.0. The molecule has 6 rings (SSSR count). The number of aromatic nitrogens is 2. The highest BCUT2D eigenvalue weighted by Gasteiger charge is 2.43. The summed E-state index contributed by atoms with van der Waals surface area (Å²) in [7, 11) is 0. The number of rotatable bonds is 8. The van der Waals surface area contributed by atoms with E-state index >= 15 is 0 Å². The monoisotopic (exact) mass is 583 g/mol. The molecule has 2 fully saturated rings. The lowest BCUT2D eigenvalue weighted by molar-refractivity contribution is 0.0697. The molecular formula is C32H30ClN5O4. The van der Waals surface area contributed by atoms with Crippen LogP contribution in [-0.4, -0.2) is 62.6 Å². The highest BCUT2D eigenvalue weighted by Crippen LogP contribution is 2.37. The number of hydrogen-bond acceptors (Lipinski definition) is 6. The molecule has 0 aliphatic carbocycles. The summed E-state index contributed by atoms with van der Waals surface area (Å²) >= 11 is 6.34. The summed E-state index contributed by atoms with van der Waals surface area (Å²) in [5.41, 5.74) is 3.11. The van der Waals surface area contributed by atoms with Crippen LogP contribution in [0.3, 0.4) is 0 Å². The smallest absolute Gasteiger partial charge is 0.335 e. The van der Waals surface area contributed by atoms with Gasteiger partial charge in [-0.25, -0.2) is 14.6 Å². The predicted octanol–water partition coefficient (Wildman–Crippen LogP) is 6.27. The molecule has 2 saturated heterocycles. The van der Waals surface area contributed by atoms with Gasteiger partial charge in [-0.3, -0.25) is 14.8 Å². The van der Waals surface area contributed by atoms with Crippen LogP contribution >= 0.6 is 11.6 Å². The molecule has 10 heteroatoms. The van der Waals surface area contributed by atoms with Gasteiger partial charge in [0.15, 0.2) is 0 Å². The number of carboxylic acids is 1. The fraction of sp³-hybridized carbons (Fsp3) is 0.250. The summed E-state index contributed by atoms with van der Waals surface area (Å²) in [6, 6.07) is 21.6. The zero-order chi connectivity index (χ0) is 29.1. The van der Waals surface area contributed by atoms with E-state index < -0.39 is 5.97 Å². The number of amides is 2. The summed E-state index contributed by atoms with van der Waals surface area (Å²) < 4.78 is 5.76. The molecule has 2 amide bonds. The number of anilines is 1. The summed E-state index contributed by atoms with van der Waals surface area (Å²) in [4.78, 5) is 39.7. The molecule has 2 aliphatic heterocycles. The molecule has 1 unspecified atom stereocenters. The quantitative estimate of drug-likeness (QED) is 0.261. The lowest BCUT2D eigenvalue weighted by atomic mass is 9.99. The van der Waals surface area contributed by atoms with Crippen LogP contribution in [0.5, 0.6) is 11.6 Å². The third-order valence-corrected chi connectivity index (χ3v) is 8.05. The summed E-state index contributed by atoms with van der Waals surface area (Å²) in [5.74, 6) is -0.0111. The van der Waals surface area contributed by atoms with E-state index in [0.717, 1.165) is 49.3 Å². The molecule has 1 atom stereocenters. The molecule has 42 heavy (non-hydrogen) atoms. The number of urea groups is 1. The first-order chi connectivity index (χ1) is 20.4. The van der Waals surface area contributed by atoms with Crippen molar-refractivity contribution in [1.82, 2.24) is 19.8 Å². The number of nitrogens with zero attached hydrogens (tertiary/aromatic N) is 5. The molecule has 1 N–H and O–H groups in total. The molecule has 4 aromatic rings. The summed E-state index contributed by atoms with van der Waals surface area (Å²) in [6.45, 7) is 3.02. The van der Waals surface area contributed by atoms with Crippen molar-refractivity contribution in [3.8, 4) is 11.6 Å². The van der Waals surface area contributed by atoms with Crippen LogP contribution in [0, 0.1) is 0 Å². The number of aromatic carboxylic acids is 1. The van der Waals surface area contributed by atoms with Crippen molar-refractivity contribution in [2.24, 2.45) is 0 Å². The Bertz CT molecular complexity index is 1540. The van der Waals surface area contributed by atoms with E-state index in [1.54, 1.807) is 30.7 Å². The van der Waals surface area contributed by atoms with Crippen molar-refractivity contribution in [2.75, 3.05) is 24.5 Å². The minimum absolute atomic E-state index is 0.00353. The third-order valence-electron chi connectivity index (χ3n) is 7.81. The molecule has 2 aromatic carbocycles. The van der Waals surface area contributed by atoms with E-state index in [4.69, 9.17) is 21.4 Å². The van der Waals surface area contributed by atoms with Gasteiger partial charge >= 0.3 is 12.0 Å². The average Bonchev–Trinajstić information content (AvgIpc) is 3.36. The Balaban J connectivity index is 1.09. The number of carbonyl (C=O) groups excluding carboxylic acids is 1. The first-order valence-corrected chi connectivity index (χ1v) is 14.3. The topological polar surface area (TPSA) is 99.1 Å². The fourth-order valence-electron chi connectivity index (χ4n) is 5.70. The standard InChI is InChI=1S/C32H30ClN5O4/c33-25-4-1-3-24(17-25)29-21-37(27-5-2-14-34-19-27)32(41)38(29)26-12-15-36(16-13-26)20-22-6-11-30(35-18-22)42-28-9-7-23(8-10-28)31(39)40/h1-11,14,17-19,26,29H,12-13,15-16,20-21H2,(H,39,40). The van der Waals surface area contributed by atoms with Crippen molar-refractivity contribution in [1.29, 1.82) is 0 Å². The fourth-order valence-corrected chi connectivity index (χ4v) is 5.90. The van der Waals surface area contributed by atoms with E-state index in [0.29, 0.717) is 23.2 Å². The van der Waals surface area contributed by atoms with Crippen molar-refractivity contribution in [3.05, 3.63) is 113 Å². The lowest BCUT2D eigenvalue weighted by Gasteiger charge is -2.39. The first-order valence-electron chi connectivity index (χ1n) is 13.9. The van der Waals surface area contributed by atoms with Crippen LogP contribution in [0.4, 0.5) is 10.5 Å².